The number of benzene rings is 2. The van der Waals surface area contributed by atoms with Crippen molar-refractivity contribution in [1.29, 1.82) is 0 Å². The molecule has 1 N–H and O–H groups in total. The molecule has 0 aliphatic rings. The zero-order valence-corrected chi connectivity index (χ0v) is 11.9. The Hall–Kier alpha value is -2.47. The topological polar surface area (TPSA) is 50.7 Å². The second-order valence-corrected chi connectivity index (χ2v) is 4.59. The molecule has 2 rings (SSSR count). The van der Waals surface area contributed by atoms with Gasteiger partial charge in [-0.1, -0.05) is 11.6 Å². The SMILES string of the molecule is O=C(N/N=C/c1ccc(OC(F)F)cc1)c1ccc(Cl)cc1. The standard InChI is InChI=1S/C15H11ClF2N2O2/c16-12-5-3-11(4-6-12)14(21)20-19-9-10-1-7-13(8-2-10)22-15(17)18/h1-9,15H,(H,20,21)/b19-9+. The highest BCUT2D eigenvalue weighted by Crippen LogP contribution is 2.14. The molecule has 0 bridgehead atoms. The number of rotatable bonds is 5. The van der Waals surface area contributed by atoms with Crippen LogP contribution in [0, 0.1) is 0 Å². The predicted octanol–water partition coefficient (Wildman–Crippen LogP) is 3.71. The molecular weight excluding hydrogens is 314 g/mol. The number of hydrogen-bond acceptors (Lipinski definition) is 3. The van der Waals surface area contributed by atoms with Crippen molar-refractivity contribution < 1.29 is 18.3 Å². The molecule has 0 aliphatic carbocycles. The van der Waals surface area contributed by atoms with E-state index < -0.39 is 6.61 Å². The molecule has 7 heteroatoms. The van der Waals surface area contributed by atoms with Gasteiger partial charge in [0.05, 0.1) is 6.21 Å². The van der Waals surface area contributed by atoms with Crippen molar-refractivity contribution in [2.45, 2.75) is 6.61 Å². The molecule has 1 amide bonds. The van der Waals surface area contributed by atoms with Gasteiger partial charge in [0, 0.05) is 10.6 Å². The number of alkyl halides is 2. The van der Waals surface area contributed by atoms with Crippen LogP contribution in [-0.4, -0.2) is 18.7 Å². The normalized spacial score (nSPS) is 10.9. The Morgan fingerprint density at radius 1 is 1.14 bits per heavy atom. The van der Waals surface area contributed by atoms with Gasteiger partial charge in [0.2, 0.25) is 0 Å². The molecule has 0 unspecified atom stereocenters. The van der Waals surface area contributed by atoms with Gasteiger partial charge in [-0.2, -0.15) is 13.9 Å². The number of halogens is 3. The zero-order valence-electron chi connectivity index (χ0n) is 11.2. The van der Waals surface area contributed by atoms with Gasteiger partial charge in [-0.3, -0.25) is 4.79 Å². The van der Waals surface area contributed by atoms with Crippen molar-refractivity contribution in [3.63, 3.8) is 0 Å². The number of amides is 1. The lowest BCUT2D eigenvalue weighted by Crippen LogP contribution is -2.17. The van der Waals surface area contributed by atoms with E-state index in [-0.39, 0.29) is 11.7 Å². The average molecular weight is 325 g/mol. The fourth-order valence-corrected chi connectivity index (χ4v) is 1.69. The van der Waals surface area contributed by atoms with Gasteiger partial charge in [0.15, 0.2) is 0 Å². The first kappa shape index (κ1) is 15.9. The van der Waals surface area contributed by atoms with Gasteiger partial charge in [0.1, 0.15) is 5.75 Å². The van der Waals surface area contributed by atoms with Crippen LogP contribution < -0.4 is 10.2 Å². The van der Waals surface area contributed by atoms with Crippen molar-refractivity contribution in [3.05, 3.63) is 64.7 Å². The van der Waals surface area contributed by atoms with E-state index in [0.29, 0.717) is 16.1 Å². The molecule has 4 nitrogen and oxygen atoms in total. The lowest BCUT2D eigenvalue weighted by molar-refractivity contribution is -0.0498. The molecule has 22 heavy (non-hydrogen) atoms. The maximum Gasteiger partial charge on any atom is 0.387 e. The number of carbonyl (C=O) groups is 1. The third-order valence-corrected chi connectivity index (χ3v) is 2.84. The minimum atomic E-state index is -2.86. The van der Waals surface area contributed by atoms with Gasteiger partial charge in [0.25, 0.3) is 5.91 Å². The van der Waals surface area contributed by atoms with Crippen molar-refractivity contribution in [3.8, 4) is 5.75 Å². The third-order valence-electron chi connectivity index (χ3n) is 2.59. The Balaban J connectivity index is 1.91. The summed E-state index contributed by atoms with van der Waals surface area (Å²) in [6.07, 6.45) is 1.39. The smallest absolute Gasteiger partial charge is 0.387 e. The van der Waals surface area contributed by atoms with Crippen molar-refractivity contribution in [1.82, 2.24) is 5.43 Å². The number of hydrogen-bond donors (Lipinski definition) is 1. The van der Waals surface area contributed by atoms with E-state index in [9.17, 15) is 13.6 Å². The third kappa shape index (κ3) is 4.82. The maximum atomic E-state index is 12.0. The highest BCUT2D eigenvalue weighted by Gasteiger charge is 2.04. The molecule has 0 heterocycles. The van der Waals surface area contributed by atoms with E-state index in [4.69, 9.17) is 11.6 Å². The summed E-state index contributed by atoms with van der Waals surface area (Å²) >= 11 is 5.73. The Labute approximate surface area is 130 Å². The number of nitrogens with zero attached hydrogens (tertiary/aromatic N) is 1. The minimum absolute atomic E-state index is 0.0531. The summed E-state index contributed by atoms with van der Waals surface area (Å²) in [7, 11) is 0. The van der Waals surface area contributed by atoms with E-state index in [2.05, 4.69) is 15.3 Å². The van der Waals surface area contributed by atoms with E-state index in [1.54, 1.807) is 24.3 Å². The Bertz CT molecular complexity index is 658. The highest BCUT2D eigenvalue weighted by atomic mass is 35.5. The second kappa shape index (κ2) is 7.51. The average Bonchev–Trinajstić information content (AvgIpc) is 2.49. The van der Waals surface area contributed by atoms with Gasteiger partial charge in [-0.15, -0.1) is 0 Å². The first-order valence-corrected chi connectivity index (χ1v) is 6.56. The zero-order chi connectivity index (χ0) is 15.9. The maximum absolute atomic E-state index is 12.0. The molecule has 0 spiro atoms. The van der Waals surface area contributed by atoms with Crippen LogP contribution in [0.25, 0.3) is 0 Å². The molecular formula is C15H11ClF2N2O2. The monoisotopic (exact) mass is 324 g/mol. The van der Waals surface area contributed by atoms with Crippen molar-refractivity contribution in [2.75, 3.05) is 0 Å². The summed E-state index contributed by atoms with van der Waals surface area (Å²) in [6.45, 7) is -2.86. The molecule has 0 aliphatic heterocycles. The van der Waals surface area contributed by atoms with Crippen LogP contribution >= 0.6 is 11.6 Å². The first-order valence-electron chi connectivity index (χ1n) is 6.18. The van der Waals surface area contributed by atoms with Gasteiger partial charge >= 0.3 is 6.61 Å². The van der Waals surface area contributed by atoms with Crippen LogP contribution in [0.3, 0.4) is 0 Å². The summed E-state index contributed by atoms with van der Waals surface area (Å²) in [5.74, 6) is -0.331. The fourth-order valence-electron chi connectivity index (χ4n) is 1.57. The van der Waals surface area contributed by atoms with Gasteiger partial charge < -0.3 is 4.74 Å². The Morgan fingerprint density at radius 2 is 1.77 bits per heavy atom. The van der Waals surface area contributed by atoms with Crippen molar-refractivity contribution in [2.24, 2.45) is 5.10 Å². The van der Waals surface area contributed by atoms with E-state index >= 15 is 0 Å². The lowest BCUT2D eigenvalue weighted by Gasteiger charge is -2.03. The fraction of sp³-hybridized carbons (Fsp3) is 0.0667. The molecule has 2 aromatic carbocycles. The van der Waals surface area contributed by atoms with E-state index in [1.807, 2.05) is 0 Å². The van der Waals surface area contributed by atoms with Crippen molar-refractivity contribution >= 4 is 23.7 Å². The van der Waals surface area contributed by atoms with Crippen LogP contribution in [0.2, 0.25) is 5.02 Å². The van der Waals surface area contributed by atoms with Crippen LogP contribution in [-0.2, 0) is 0 Å². The van der Waals surface area contributed by atoms with Crippen LogP contribution in [0.1, 0.15) is 15.9 Å². The number of ether oxygens (including phenoxy) is 1. The Morgan fingerprint density at radius 3 is 2.36 bits per heavy atom. The van der Waals surface area contributed by atoms with Gasteiger partial charge in [-0.25, -0.2) is 5.43 Å². The molecule has 0 atom stereocenters. The first-order chi connectivity index (χ1) is 10.5. The summed E-state index contributed by atoms with van der Waals surface area (Å²) in [5.41, 5.74) is 3.39. The largest absolute Gasteiger partial charge is 0.435 e. The molecule has 0 saturated heterocycles. The van der Waals surface area contributed by atoms with E-state index in [0.717, 1.165) is 0 Å². The molecule has 0 radical (unpaired) electrons. The summed E-state index contributed by atoms with van der Waals surface area (Å²) in [4.78, 5) is 11.8. The number of carbonyl (C=O) groups excluding carboxylic acids is 1. The Kier molecular flexibility index (Phi) is 5.43. The van der Waals surface area contributed by atoms with Gasteiger partial charge in [-0.05, 0) is 54.1 Å². The van der Waals surface area contributed by atoms with Crippen LogP contribution in [0.5, 0.6) is 5.75 Å². The summed E-state index contributed by atoms with van der Waals surface area (Å²) in [6, 6.07) is 12.2. The molecule has 2 aromatic rings. The summed E-state index contributed by atoms with van der Waals surface area (Å²) < 4.78 is 28.2. The molecule has 0 saturated carbocycles. The van der Waals surface area contributed by atoms with Crippen LogP contribution in [0.15, 0.2) is 53.6 Å². The number of nitrogens with one attached hydrogen (secondary N) is 1. The summed E-state index contributed by atoms with van der Waals surface area (Å²) in [5, 5.41) is 4.32. The molecule has 0 fully saturated rings. The van der Waals surface area contributed by atoms with Crippen LogP contribution in [0.4, 0.5) is 8.78 Å². The molecule has 114 valence electrons. The second-order valence-electron chi connectivity index (χ2n) is 4.15. The minimum Gasteiger partial charge on any atom is -0.435 e. The molecule has 0 aromatic heterocycles. The lowest BCUT2D eigenvalue weighted by atomic mass is 10.2. The predicted molar refractivity (Wildman–Crippen MR) is 79.6 cm³/mol. The quantitative estimate of drug-likeness (QED) is 0.673. The highest BCUT2D eigenvalue weighted by molar-refractivity contribution is 6.30. The van der Waals surface area contributed by atoms with E-state index in [1.165, 1.54) is 30.5 Å². The number of hydrazone groups is 1.